The standard InChI is InChI=1S/C13H18N2O3/c1-3-11(13(16)17)15-8(2)7-9-10(14-18)5-4-6-12(9)15/h7,11,18H,3-6H2,1-2H3,(H,16,17). The number of aryl methyl sites for hydroxylation is 1. The molecule has 0 bridgehead atoms. The van der Waals surface area contributed by atoms with Crippen LogP contribution < -0.4 is 0 Å². The predicted octanol–water partition coefficient (Wildman–Crippen LogP) is 2.35. The van der Waals surface area contributed by atoms with E-state index >= 15 is 0 Å². The van der Waals surface area contributed by atoms with Crippen molar-refractivity contribution in [2.75, 3.05) is 0 Å². The Morgan fingerprint density at radius 2 is 2.28 bits per heavy atom. The largest absolute Gasteiger partial charge is 0.480 e. The number of fused-ring (bicyclic) bond motifs is 1. The van der Waals surface area contributed by atoms with Crippen LogP contribution in [-0.2, 0) is 11.2 Å². The fourth-order valence-electron chi connectivity index (χ4n) is 2.77. The zero-order chi connectivity index (χ0) is 13.3. The topological polar surface area (TPSA) is 74.8 Å². The number of hydrogen-bond acceptors (Lipinski definition) is 3. The summed E-state index contributed by atoms with van der Waals surface area (Å²) in [6.45, 7) is 3.77. The molecule has 0 saturated carbocycles. The van der Waals surface area contributed by atoms with E-state index in [1.807, 2.05) is 24.5 Å². The van der Waals surface area contributed by atoms with Crippen molar-refractivity contribution in [3.05, 3.63) is 23.0 Å². The van der Waals surface area contributed by atoms with E-state index in [0.717, 1.165) is 36.2 Å². The number of carboxylic acids is 1. The molecule has 0 aliphatic heterocycles. The van der Waals surface area contributed by atoms with Gasteiger partial charge in [0.05, 0.1) is 5.71 Å². The Hall–Kier alpha value is -1.78. The molecular formula is C13H18N2O3. The summed E-state index contributed by atoms with van der Waals surface area (Å²) in [7, 11) is 0. The number of aromatic nitrogens is 1. The molecule has 18 heavy (non-hydrogen) atoms. The summed E-state index contributed by atoms with van der Waals surface area (Å²) in [4.78, 5) is 11.3. The number of carboxylic acid groups (broad SMARTS) is 1. The van der Waals surface area contributed by atoms with E-state index in [0.29, 0.717) is 12.1 Å². The maximum absolute atomic E-state index is 11.3. The van der Waals surface area contributed by atoms with Crippen LogP contribution in [0.15, 0.2) is 11.2 Å². The molecule has 1 aliphatic rings. The monoisotopic (exact) mass is 250 g/mol. The molecule has 1 aliphatic carbocycles. The van der Waals surface area contributed by atoms with Crippen LogP contribution >= 0.6 is 0 Å². The van der Waals surface area contributed by atoms with Crippen LogP contribution in [-0.4, -0.2) is 26.6 Å². The zero-order valence-corrected chi connectivity index (χ0v) is 10.7. The van der Waals surface area contributed by atoms with E-state index in [2.05, 4.69) is 5.16 Å². The van der Waals surface area contributed by atoms with E-state index in [9.17, 15) is 9.90 Å². The molecule has 2 rings (SSSR count). The molecule has 1 aromatic rings. The van der Waals surface area contributed by atoms with Crippen molar-refractivity contribution < 1.29 is 15.1 Å². The van der Waals surface area contributed by atoms with Crippen molar-refractivity contribution in [3.63, 3.8) is 0 Å². The van der Waals surface area contributed by atoms with Crippen molar-refractivity contribution in [1.82, 2.24) is 4.57 Å². The molecule has 5 heteroatoms. The van der Waals surface area contributed by atoms with E-state index in [1.54, 1.807) is 0 Å². The van der Waals surface area contributed by atoms with Crippen LogP contribution in [0.5, 0.6) is 0 Å². The second kappa shape index (κ2) is 4.84. The summed E-state index contributed by atoms with van der Waals surface area (Å²) in [5, 5.41) is 21.6. The Morgan fingerprint density at radius 1 is 1.56 bits per heavy atom. The first-order chi connectivity index (χ1) is 8.60. The SMILES string of the molecule is CCC(C(=O)O)n1c(C)cc2c1CCCC2=NO. The van der Waals surface area contributed by atoms with Gasteiger partial charge in [-0.2, -0.15) is 0 Å². The average Bonchev–Trinajstić information content (AvgIpc) is 2.67. The summed E-state index contributed by atoms with van der Waals surface area (Å²) >= 11 is 0. The van der Waals surface area contributed by atoms with Crippen molar-refractivity contribution >= 4 is 11.7 Å². The molecule has 1 atom stereocenters. The third-order valence-electron chi connectivity index (χ3n) is 3.58. The fraction of sp³-hybridized carbons (Fsp3) is 0.538. The summed E-state index contributed by atoms with van der Waals surface area (Å²) in [5.74, 6) is -0.813. The highest BCUT2D eigenvalue weighted by Crippen LogP contribution is 2.29. The minimum absolute atomic E-state index is 0.535. The van der Waals surface area contributed by atoms with E-state index in [1.165, 1.54) is 0 Å². The normalized spacial score (nSPS) is 18.7. The van der Waals surface area contributed by atoms with Crippen molar-refractivity contribution in [3.8, 4) is 0 Å². The minimum atomic E-state index is -0.813. The van der Waals surface area contributed by atoms with Gasteiger partial charge in [0.1, 0.15) is 6.04 Å². The number of hydrogen-bond donors (Lipinski definition) is 2. The number of carbonyl (C=O) groups is 1. The lowest BCUT2D eigenvalue weighted by Gasteiger charge is -2.21. The third kappa shape index (κ3) is 1.89. The molecule has 98 valence electrons. The lowest BCUT2D eigenvalue weighted by Crippen LogP contribution is -2.23. The Morgan fingerprint density at radius 3 is 2.83 bits per heavy atom. The second-order valence-corrected chi connectivity index (χ2v) is 4.68. The quantitative estimate of drug-likeness (QED) is 0.638. The lowest BCUT2D eigenvalue weighted by molar-refractivity contribution is -0.141. The molecule has 0 amide bonds. The van der Waals surface area contributed by atoms with Gasteiger partial charge in [-0.3, -0.25) is 0 Å². The first-order valence-electron chi connectivity index (χ1n) is 6.25. The Labute approximate surface area is 106 Å². The van der Waals surface area contributed by atoms with Gasteiger partial charge in [-0.05, 0) is 38.7 Å². The number of nitrogens with zero attached hydrogens (tertiary/aromatic N) is 2. The summed E-state index contributed by atoms with van der Waals surface area (Å²) in [6.07, 6.45) is 3.03. The van der Waals surface area contributed by atoms with Crippen LogP contribution in [0.2, 0.25) is 0 Å². The van der Waals surface area contributed by atoms with Crippen LogP contribution in [0.1, 0.15) is 49.2 Å². The van der Waals surface area contributed by atoms with Gasteiger partial charge in [0.15, 0.2) is 0 Å². The molecule has 2 N–H and O–H groups in total. The highest BCUT2D eigenvalue weighted by atomic mass is 16.4. The van der Waals surface area contributed by atoms with Crippen LogP contribution in [0.25, 0.3) is 0 Å². The maximum Gasteiger partial charge on any atom is 0.326 e. The third-order valence-corrected chi connectivity index (χ3v) is 3.58. The first kappa shape index (κ1) is 12.7. The van der Waals surface area contributed by atoms with Gasteiger partial charge < -0.3 is 14.9 Å². The van der Waals surface area contributed by atoms with Crippen LogP contribution in [0.4, 0.5) is 0 Å². The smallest absolute Gasteiger partial charge is 0.326 e. The number of rotatable bonds is 3. The second-order valence-electron chi connectivity index (χ2n) is 4.68. The molecular weight excluding hydrogens is 232 g/mol. The first-order valence-corrected chi connectivity index (χ1v) is 6.25. The van der Waals surface area contributed by atoms with Gasteiger partial charge in [-0.25, -0.2) is 4.79 Å². The molecule has 5 nitrogen and oxygen atoms in total. The minimum Gasteiger partial charge on any atom is -0.480 e. The molecule has 0 spiro atoms. The molecule has 0 fully saturated rings. The summed E-state index contributed by atoms with van der Waals surface area (Å²) in [6, 6.07) is 1.39. The van der Waals surface area contributed by atoms with Gasteiger partial charge in [-0.15, -0.1) is 0 Å². The molecule has 0 saturated heterocycles. The van der Waals surface area contributed by atoms with Gasteiger partial charge in [0.25, 0.3) is 0 Å². The predicted molar refractivity (Wildman–Crippen MR) is 67.4 cm³/mol. The van der Waals surface area contributed by atoms with E-state index in [-0.39, 0.29) is 0 Å². The zero-order valence-electron chi connectivity index (χ0n) is 10.7. The molecule has 1 aromatic heterocycles. The summed E-state index contributed by atoms with van der Waals surface area (Å²) < 4.78 is 1.88. The number of oxime groups is 1. The van der Waals surface area contributed by atoms with Crippen LogP contribution in [0, 0.1) is 6.92 Å². The van der Waals surface area contributed by atoms with Crippen molar-refractivity contribution in [2.45, 2.75) is 45.6 Å². The lowest BCUT2D eigenvalue weighted by atomic mass is 9.95. The van der Waals surface area contributed by atoms with Crippen molar-refractivity contribution in [2.24, 2.45) is 5.16 Å². The number of aliphatic carboxylic acids is 1. The molecule has 1 heterocycles. The highest BCUT2D eigenvalue weighted by molar-refractivity contribution is 6.02. The Kier molecular flexibility index (Phi) is 3.41. The summed E-state index contributed by atoms with van der Waals surface area (Å²) in [5.41, 5.74) is 3.47. The van der Waals surface area contributed by atoms with Crippen LogP contribution in [0.3, 0.4) is 0 Å². The van der Waals surface area contributed by atoms with E-state index < -0.39 is 12.0 Å². The Balaban J connectivity index is 2.56. The van der Waals surface area contributed by atoms with Crippen molar-refractivity contribution in [1.29, 1.82) is 0 Å². The van der Waals surface area contributed by atoms with Gasteiger partial charge in [0.2, 0.25) is 0 Å². The highest BCUT2D eigenvalue weighted by Gasteiger charge is 2.27. The van der Waals surface area contributed by atoms with Gasteiger partial charge in [0, 0.05) is 17.0 Å². The molecule has 1 unspecified atom stereocenters. The van der Waals surface area contributed by atoms with E-state index in [4.69, 9.17) is 5.21 Å². The molecule has 0 radical (unpaired) electrons. The van der Waals surface area contributed by atoms with Gasteiger partial charge >= 0.3 is 5.97 Å². The average molecular weight is 250 g/mol. The van der Waals surface area contributed by atoms with Gasteiger partial charge in [-0.1, -0.05) is 12.1 Å². The maximum atomic E-state index is 11.3. The fourth-order valence-corrected chi connectivity index (χ4v) is 2.77. The molecule has 0 aromatic carbocycles. The Bertz CT molecular complexity index is 503.